The predicted octanol–water partition coefficient (Wildman–Crippen LogP) is 1.19. The summed E-state index contributed by atoms with van der Waals surface area (Å²) in [7, 11) is -1.07. The van der Waals surface area contributed by atoms with Crippen LogP contribution in [0.15, 0.2) is 35.2 Å². The van der Waals surface area contributed by atoms with Gasteiger partial charge in [0.1, 0.15) is 6.04 Å². The normalized spacial score (nSPS) is 22.7. The molecule has 0 bridgehead atoms. The summed E-state index contributed by atoms with van der Waals surface area (Å²) < 4.78 is 12.1. The molecule has 1 aromatic rings. The third-order valence-corrected chi connectivity index (χ3v) is 5.02. The molecule has 0 saturated carbocycles. The number of benzene rings is 1. The van der Waals surface area contributed by atoms with Gasteiger partial charge in [-0.05, 0) is 30.9 Å². The lowest BCUT2D eigenvalue weighted by atomic mass is 10.00. The summed E-state index contributed by atoms with van der Waals surface area (Å²) in [6, 6.07) is 9.47. The van der Waals surface area contributed by atoms with Crippen molar-refractivity contribution in [2.75, 3.05) is 12.3 Å². The minimum atomic E-state index is -1.07. The molecule has 6 heteroatoms. The average Bonchev–Trinajstić information content (AvgIpc) is 2.95. The number of carbonyl (C=O) groups excluding carboxylic acids is 1. The predicted molar refractivity (Wildman–Crippen MR) is 88.6 cm³/mol. The van der Waals surface area contributed by atoms with Crippen molar-refractivity contribution in [1.82, 2.24) is 16.2 Å². The van der Waals surface area contributed by atoms with E-state index >= 15 is 0 Å². The van der Waals surface area contributed by atoms with Gasteiger partial charge in [-0.3, -0.25) is 14.4 Å². The lowest BCUT2D eigenvalue weighted by Crippen LogP contribution is -2.44. The molecule has 2 rings (SSSR count). The van der Waals surface area contributed by atoms with Crippen LogP contribution in [0.5, 0.6) is 0 Å². The highest BCUT2D eigenvalue weighted by molar-refractivity contribution is 7.85. The van der Waals surface area contributed by atoms with Crippen LogP contribution >= 0.6 is 0 Å². The number of hydrogen-bond donors (Lipinski definition) is 3. The van der Waals surface area contributed by atoms with Crippen molar-refractivity contribution in [1.29, 1.82) is 0 Å². The van der Waals surface area contributed by atoms with Crippen LogP contribution in [0.1, 0.15) is 26.7 Å². The molecule has 1 aliphatic rings. The molecule has 0 radical (unpaired) electrons. The lowest BCUT2D eigenvalue weighted by molar-refractivity contribution is -0.122. The zero-order valence-electron chi connectivity index (χ0n) is 13.2. The first-order valence-electron chi connectivity index (χ1n) is 7.78. The van der Waals surface area contributed by atoms with E-state index in [1.54, 1.807) is 0 Å². The monoisotopic (exact) mass is 323 g/mol. The molecule has 3 unspecified atom stereocenters. The molecule has 5 nitrogen and oxygen atoms in total. The zero-order chi connectivity index (χ0) is 15.9. The highest BCUT2D eigenvalue weighted by atomic mass is 32.2. The van der Waals surface area contributed by atoms with E-state index < -0.39 is 10.8 Å². The van der Waals surface area contributed by atoms with Crippen LogP contribution in [0.2, 0.25) is 0 Å². The molecule has 0 spiro atoms. The second-order valence-corrected chi connectivity index (χ2v) is 7.63. The van der Waals surface area contributed by atoms with E-state index in [-0.39, 0.29) is 11.9 Å². The molecule has 122 valence electrons. The van der Waals surface area contributed by atoms with Crippen molar-refractivity contribution in [3.63, 3.8) is 0 Å². The Morgan fingerprint density at radius 1 is 1.32 bits per heavy atom. The molecule has 1 aliphatic heterocycles. The van der Waals surface area contributed by atoms with Gasteiger partial charge in [0.25, 0.3) is 0 Å². The number of nitrogens with one attached hydrogen (secondary N) is 3. The number of hydrazine groups is 1. The topological polar surface area (TPSA) is 70.2 Å². The van der Waals surface area contributed by atoms with E-state index in [0.29, 0.717) is 24.3 Å². The Morgan fingerprint density at radius 3 is 2.73 bits per heavy atom. The Kier molecular flexibility index (Phi) is 6.54. The minimum Gasteiger partial charge on any atom is -0.354 e. The summed E-state index contributed by atoms with van der Waals surface area (Å²) in [6.07, 6.45) is 1.85. The molecule has 3 N–H and O–H groups in total. The van der Waals surface area contributed by atoms with E-state index in [0.717, 1.165) is 17.7 Å². The Hall–Kier alpha value is -1.24. The van der Waals surface area contributed by atoms with Crippen LogP contribution in [0.25, 0.3) is 0 Å². The molecule has 22 heavy (non-hydrogen) atoms. The van der Waals surface area contributed by atoms with Gasteiger partial charge in [0.05, 0.1) is 10.8 Å². The second kappa shape index (κ2) is 8.41. The Balaban J connectivity index is 1.69. The van der Waals surface area contributed by atoms with Gasteiger partial charge >= 0.3 is 0 Å². The maximum absolute atomic E-state index is 12.1. The van der Waals surface area contributed by atoms with Crippen LogP contribution in [0, 0.1) is 5.92 Å². The maximum Gasteiger partial charge on any atom is 0.238 e. The average molecular weight is 323 g/mol. The Morgan fingerprint density at radius 2 is 2.05 bits per heavy atom. The van der Waals surface area contributed by atoms with Crippen molar-refractivity contribution < 1.29 is 9.00 Å². The van der Waals surface area contributed by atoms with E-state index in [9.17, 15) is 9.00 Å². The summed E-state index contributed by atoms with van der Waals surface area (Å²) in [6.45, 7) is 4.77. The van der Waals surface area contributed by atoms with E-state index in [2.05, 4.69) is 30.0 Å². The molecule has 3 atom stereocenters. The van der Waals surface area contributed by atoms with Crippen LogP contribution in [-0.2, 0) is 15.6 Å². The van der Waals surface area contributed by atoms with E-state index in [1.807, 2.05) is 30.3 Å². The van der Waals surface area contributed by atoms with Crippen molar-refractivity contribution in [2.45, 2.75) is 43.7 Å². The van der Waals surface area contributed by atoms with Gasteiger partial charge in [-0.2, -0.15) is 0 Å². The fraction of sp³-hybridized carbons (Fsp3) is 0.562. The maximum atomic E-state index is 12.1. The first-order chi connectivity index (χ1) is 10.6. The zero-order valence-corrected chi connectivity index (χ0v) is 14.0. The Labute approximate surface area is 134 Å². The van der Waals surface area contributed by atoms with E-state index in [1.165, 1.54) is 0 Å². The second-order valence-electron chi connectivity index (χ2n) is 6.06. The van der Waals surface area contributed by atoms with Gasteiger partial charge < -0.3 is 5.32 Å². The smallest absolute Gasteiger partial charge is 0.238 e. The third kappa shape index (κ3) is 5.19. The molecule has 0 aliphatic carbocycles. The number of rotatable bonds is 7. The summed E-state index contributed by atoms with van der Waals surface area (Å²) in [4.78, 5) is 12.9. The van der Waals surface area contributed by atoms with Crippen LogP contribution in [0.3, 0.4) is 0 Å². The van der Waals surface area contributed by atoms with Gasteiger partial charge in [0.15, 0.2) is 0 Å². The van der Waals surface area contributed by atoms with Gasteiger partial charge in [-0.25, -0.2) is 5.43 Å². The summed E-state index contributed by atoms with van der Waals surface area (Å²) in [5.74, 6) is 1.02. The largest absolute Gasteiger partial charge is 0.354 e. The molecular weight excluding hydrogens is 298 g/mol. The third-order valence-electron chi connectivity index (χ3n) is 3.65. The van der Waals surface area contributed by atoms with Crippen LogP contribution in [0.4, 0.5) is 0 Å². The molecule has 1 saturated heterocycles. The van der Waals surface area contributed by atoms with Crippen molar-refractivity contribution >= 4 is 16.7 Å². The number of amides is 1. The van der Waals surface area contributed by atoms with Crippen molar-refractivity contribution in [3.8, 4) is 0 Å². The van der Waals surface area contributed by atoms with E-state index in [4.69, 9.17) is 0 Å². The summed E-state index contributed by atoms with van der Waals surface area (Å²) in [5, 5.41) is 2.86. The van der Waals surface area contributed by atoms with Gasteiger partial charge in [-0.1, -0.05) is 32.0 Å². The molecule has 1 amide bonds. The number of carbonyl (C=O) groups is 1. The minimum absolute atomic E-state index is 0.0242. The van der Waals surface area contributed by atoms with Crippen LogP contribution in [-0.4, -0.2) is 34.5 Å². The Bertz CT molecular complexity index is 507. The lowest BCUT2D eigenvalue weighted by Gasteiger charge is -2.11. The molecule has 1 aromatic carbocycles. The van der Waals surface area contributed by atoms with Crippen molar-refractivity contribution in [3.05, 3.63) is 30.3 Å². The number of hydrogen-bond acceptors (Lipinski definition) is 4. The summed E-state index contributed by atoms with van der Waals surface area (Å²) in [5.41, 5.74) is 6.22. The fourth-order valence-corrected chi connectivity index (χ4v) is 3.58. The quantitative estimate of drug-likeness (QED) is 0.705. The summed E-state index contributed by atoms with van der Waals surface area (Å²) >= 11 is 0. The molecule has 0 aromatic heterocycles. The molecule has 1 heterocycles. The molecular formula is C16H25N3O2S. The molecule has 1 fully saturated rings. The SMILES string of the molecule is CC(C)CC1CC(C(=O)NCCS(=O)c2ccccc2)NN1. The first kappa shape index (κ1) is 17.1. The fourth-order valence-electron chi connectivity index (χ4n) is 2.60. The highest BCUT2D eigenvalue weighted by Gasteiger charge is 2.29. The standard InChI is InChI=1S/C16H25N3O2S/c1-12(2)10-13-11-15(19-18-13)16(20)17-8-9-22(21)14-6-4-3-5-7-14/h3-7,12-13,15,18-19H,8-11H2,1-2H3,(H,17,20). The highest BCUT2D eigenvalue weighted by Crippen LogP contribution is 2.13. The van der Waals surface area contributed by atoms with Gasteiger partial charge in [-0.15, -0.1) is 0 Å². The van der Waals surface area contributed by atoms with Gasteiger partial charge in [0, 0.05) is 23.2 Å². The first-order valence-corrected chi connectivity index (χ1v) is 9.10. The van der Waals surface area contributed by atoms with Gasteiger partial charge in [0.2, 0.25) is 5.91 Å². The van der Waals surface area contributed by atoms with Crippen molar-refractivity contribution in [2.24, 2.45) is 5.92 Å². The van der Waals surface area contributed by atoms with Crippen LogP contribution < -0.4 is 16.2 Å².